The first kappa shape index (κ1) is 16.5. The third kappa shape index (κ3) is 3.93. The van der Waals surface area contributed by atoms with E-state index in [4.69, 9.17) is 4.74 Å². The van der Waals surface area contributed by atoms with Crippen LogP contribution < -0.4 is 10.6 Å². The van der Waals surface area contributed by atoms with Gasteiger partial charge in [-0.15, -0.1) is 0 Å². The molecule has 2 fully saturated rings. The fourth-order valence-corrected chi connectivity index (χ4v) is 3.99. The Hall–Kier alpha value is -1.39. The number of nitrogens with one attached hydrogen (secondary N) is 2. The Balaban J connectivity index is 1.65. The molecular weight excluding hydrogens is 288 g/mol. The monoisotopic (exact) mass is 316 g/mol. The highest BCUT2D eigenvalue weighted by molar-refractivity contribution is 5.94. The highest BCUT2D eigenvalue weighted by Crippen LogP contribution is 2.30. The van der Waals surface area contributed by atoms with E-state index in [-0.39, 0.29) is 11.4 Å². The average Bonchev–Trinajstić information content (AvgIpc) is 3.04. The smallest absolute Gasteiger partial charge is 0.251 e. The lowest BCUT2D eigenvalue weighted by Gasteiger charge is -2.29. The Morgan fingerprint density at radius 3 is 2.61 bits per heavy atom. The van der Waals surface area contributed by atoms with E-state index in [1.807, 2.05) is 12.1 Å². The van der Waals surface area contributed by atoms with Gasteiger partial charge in [0.05, 0.1) is 12.1 Å². The Morgan fingerprint density at radius 2 is 2.00 bits per heavy atom. The summed E-state index contributed by atoms with van der Waals surface area (Å²) in [5.74, 6) is 0.604. The molecule has 1 aliphatic heterocycles. The molecule has 1 atom stereocenters. The minimum atomic E-state index is -0.169. The topological polar surface area (TPSA) is 50.4 Å². The van der Waals surface area contributed by atoms with Gasteiger partial charge in [0, 0.05) is 19.2 Å². The van der Waals surface area contributed by atoms with E-state index in [2.05, 4.69) is 22.8 Å². The predicted molar refractivity (Wildman–Crippen MR) is 91.8 cm³/mol. The second-order valence-electron chi connectivity index (χ2n) is 7.04. The maximum absolute atomic E-state index is 12.6. The molecule has 126 valence electrons. The maximum Gasteiger partial charge on any atom is 0.251 e. The Morgan fingerprint density at radius 1 is 1.26 bits per heavy atom. The molecule has 2 aliphatic rings. The molecule has 2 N–H and O–H groups in total. The molecule has 3 rings (SSSR count). The molecule has 4 nitrogen and oxygen atoms in total. The molecule has 1 aliphatic carbocycles. The lowest BCUT2D eigenvalue weighted by Crippen LogP contribution is -2.49. The largest absolute Gasteiger partial charge is 0.382 e. The Kier molecular flexibility index (Phi) is 5.34. The summed E-state index contributed by atoms with van der Waals surface area (Å²) in [6.45, 7) is 2.77. The van der Waals surface area contributed by atoms with Crippen molar-refractivity contribution in [3.8, 4) is 0 Å². The molecule has 0 unspecified atom stereocenters. The predicted octanol–water partition coefficient (Wildman–Crippen LogP) is 2.84. The molecule has 1 aromatic carbocycles. The van der Waals surface area contributed by atoms with Crippen LogP contribution in [0.15, 0.2) is 24.3 Å². The van der Waals surface area contributed by atoms with E-state index >= 15 is 0 Å². The zero-order valence-electron chi connectivity index (χ0n) is 14.1. The molecule has 1 saturated heterocycles. The number of piperidine rings is 1. The van der Waals surface area contributed by atoms with Crippen molar-refractivity contribution >= 4 is 5.91 Å². The van der Waals surface area contributed by atoms with Crippen molar-refractivity contribution < 1.29 is 9.53 Å². The van der Waals surface area contributed by atoms with Crippen LogP contribution in [0.4, 0.5) is 0 Å². The summed E-state index contributed by atoms with van der Waals surface area (Å²) < 4.78 is 5.34. The number of carbonyl (C=O) groups excluding carboxylic acids is 1. The van der Waals surface area contributed by atoms with Gasteiger partial charge in [0.25, 0.3) is 5.91 Å². The summed E-state index contributed by atoms with van der Waals surface area (Å²) in [5, 5.41) is 6.68. The molecule has 1 saturated carbocycles. The van der Waals surface area contributed by atoms with Gasteiger partial charge < -0.3 is 15.4 Å². The summed E-state index contributed by atoms with van der Waals surface area (Å²) in [4.78, 5) is 12.6. The van der Waals surface area contributed by atoms with Gasteiger partial charge in [-0.3, -0.25) is 4.79 Å². The van der Waals surface area contributed by atoms with Crippen LogP contribution in [0.25, 0.3) is 0 Å². The fourth-order valence-electron chi connectivity index (χ4n) is 3.99. The molecule has 0 aromatic heterocycles. The van der Waals surface area contributed by atoms with Crippen LogP contribution in [0.3, 0.4) is 0 Å². The summed E-state index contributed by atoms with van der Waals surface area (Å²) in [5.41, 5.74) is 1.92. The number of methoxy groups -OCH3 is 1. The summed E-state index contributed by atoms with van der Waals surface area (Å²) >= 11 is 0. The molecule has 4 heteroatoms. The van der Waals surface area contributed by atoms with Crippen LogP contribution in [-0.4, -0.2) is 38.3 Å². The van der Waals surface area contributed by atoms with Crippen molar-refractivity contribution in [3.63, 3.8) is 0 Å². The minimum Gasteiger partial charge on any atom is -0.382 e. The van der Waals surface area contributed by atoms with Crippen LogP contribution in [0.5, 0.6) is 0 Å². The van der Waals surface area contributed by atoms with Crippen LogP contribution in [-0.2, 0) is 4.74 Å². The van der Waals surface area contributed by atoms with Crippen molar-refractivity contribution in [1.82, 2.24) is 10.6 Å². The molecule has 1 heterocycles. The highest BCUT2D eigenvalue weighted by atomic mass is 16.5. The number of hydrogen-bond donors (Lipinski definition) is 2. The number of rotatable bonds is 5. The van der Waals surface area contributed by atoms with Crippen molar-refractivity contribution in [2.24, 2.45) is 0 Å². The molecule has 0 radical (unpaired) electrons. The quantitative estimate of drug-likeness (QED) is 0.878. The first-order valence-corrected chi connectivity index (χ1v) is 8.85. The van der Waals surface area contributed by atoms with Crippen LogP contribution in [0, 0.1) is 0 Å². The van der Waals surface area contributed by atoms with Gasteiger partial charge in [0.1, 0.15) is 0 Å². The highest BCUT2D eigenvalue weighted by Gasteiger charge is 2.35. The zero-order chi connectivity index (χ0) is 16.1. The van der Waals surface area contributed by atoms with Crippen LogP contribution in [0.1, 0.15) is 60.4 Å². The average molecular weight is 316 g/mol. The minimum absolute atomic E-state index is 0.0252. The van der Waals surface area contributed by atoms with E-state index in [9.17, 15) is 4.79 Å². The summed E-state index contributed by atoms with van der Waals surface area (Å²) in [6, 6.07) is 8.16. The number of carbonyl (C=O) groups is 1. The Bertz CT molecular complexity index is 515. The molecule has 1 amide bonds. The SMILES string of the molecule is COCC1(NC(=O)c2ccc([C@@H]3CCCNC3)cc2)CCCC1. The van der Waals surface area contributed by atoms with Gasteiger partial charge in [0.2, 0.25) is 0 Å². The molecule has 0 spiro atoms. The maximum atomic E-state index is 12.6. The summed E-state index contributed by atoms with van der Waals surface area (Å²) in [6.07, 6.45) is 6.81. The van der Waals surface area contributed by atoms with E-state index in [0.29, 0.717) is 12.5 Å². The van der Waals surface area contributed by atoms with Crippen LogP contribution >= 0.6 is 0 Å². The van der Waals surface area contributed by atoms with Gasteiger partial charge in [-0.05, 0) is 55.8 Å². The molecular formula is C19H28N2O2. The van der Waals surface area contributed by atoms with Gasteiger partial charge in [-0.2, -0.15) is 0 Å². The molecule has 1 aromatic rings. The Labute approximate surface area is 139 Å². The van der Waals surface area contributed by atoms with Gasteiger partial charge in [-0.25, -0.2) is 0 Å². The third-order valence-electron chi connectivity index (χ3n) is 5.30. The second kappa shape index (κ2) is 7.45. The normalized spacial score (nSPS) is 23.6. The third-order valence-corrected chi connectivity index (χ3v) is 5.30. The molecule has 0 bridgehead atoms. The number of hydrogen-bond acceptors (Lipinski definition) is 3. The van der Waals surface area contributed by atoms with Crippen molar-refractivity contribution in [2.75, 3.05) is 26.8 Å². The number of amides is 1. The first-order valence-electron chi connectivity index (χ1n) is 8.85. The zero-order valence-corrected chi connectivity index (χ0v) is 14.1. The van der Waals surface area contributed by atoms with Gasteiger partial charge >= 0.3 is 0 Å². The lowest BCUT2D eigenvalue weighted by molar-refractivity contribution is 0.0767. The van der Waals surface area contributed by atoms with E-state index in [1.165, 1.54) is 18.4 Å². The van der Waals surface area contributed by atoms with Crippen molar-refractivity contribution in [3.05, 3.63) is 35.4 Å². The van der Waals surface area contributed by atoms with E-state index in [1.54, 1.807) is 7.11 Å². The fraction of sp³-hybridized carbons (Fsp3) is 0.632. The van der Waals surface area contributed by atoms with Crippen molar-refractivity contribution in [1.29, 1.82) is 0 Å². The first-order chi connectivity index (χ1) is 11.2. The van der Waals surface area contributed by atoms with E-state index in [0.717, 1.165) is 44.3 Å². The van der Waals surface area contributed by atoms with Gasteiger partial charge in [0.15, 0.2) is 0 Å². The molecule has 23 heavy (non-hydrogen) atoms. The number of ether oxygens (including phenoxy) is 1. The summed E-state index contributed by atoms with van der Waals surface area (Å²) in [7, 11) is 1.71. The van der Waals surface area contributed by atoms with E-state index < -0.39 is 0 Å². The lowest BCUT2D eigenvalue weighted by atomic mass is 9.91. The second-order valence-corrected chi connectivity index (χ2v) is 7.04. The van der Waals surface area contributed by atoms with Crippen molar-refractivity contribution in [2.45, 2.75) is 50.0 Å². The van der Waals surface area contributed by atoms with Gasteiger partial charge in [-0.1, -0.05) is 25.0 Å². The van der Waals surface area contributed by atoms with Crippen LogP contribution in [0.2, 0.25) is 0 Å². The number of benzene rings is 1. The standard InChI is InChI=1S/C19H28N2O2/c1-23-14-19(10-2-3-11-19)21-18(22)16-8-6-15(7-9-16)17-5-4-12-20-13-17/h6-9,17,20H,2-5,10-14H2,1H3,(H,21,22)/t17-/m1/s1.